The van der Waals surface area contributed by atoms with E-state index in [4.69, 9.17) is 4.74 Å². The van der Waals surface area contributed by atoms with Gasteiger partial charge in [0.15, 0.2) is 5.75 Å². The van der Waals surface area contributed by atoms with Gasteiger partial charge < -0.3 is 14.4 Å². The van der Waals surface area contributed by atoms with Crippen molar-refractivity contribution in [1.29, 1.82) is 0 Å². The van der Waals surface area contributed by atoms with E-state index in [-0.39, 0.29) is 22.5 Å². The van der Waals surface area contributed by atoms with Crippen LogP contribution in [0.5, 0.6) is 5.75 Å². The Balaban J connectivity index is 1.85. The molecule has 1 saturated carbocycles. The summed E-state index contributed by atoms with van der Waals surface area (Å²) in [6, 6.07) is 5.96. The van der Waals surface area contributed by atoms with E-state index in [1.807, 2.05) is 13.1 Å². The van der Waals surface area contributed by atoms with Crippen LogP contribution in [-0.2, 0) is 13.1 Å². The summed E-state index contributed by atoms with van der Waals surface area (Å²) in [4.78, 5) is 26.4. The standard InChI is InChI=1S/C23H19F3N2O4/c1-27-8-12-3-2-11(6-13(12)9-27)18-17(24)7-15-19(21(18)32-23(25)26)28(14-4-5-14)10-16(20(15)29)22(30)31/h2-3,6-7,10,14,23H,4-5,8-9H2,1H3,(H,30,31). The lowest BCUT2D eigenvalue weighted by Gasteiger charge is -2.19. The maximum absolute atomic E-state index is 15.4. The first-order chi connectivity index (χ1) is 15.2. The summed E-state index contributed by atoms with van der Waals surface area (Å²) in [5, 5.41) is 9.12. The molecule has 5 rings (SSSR count). The zero-order valence-corrected chi connectivity index (χ0v) is 17.1. The van der Waals surface area contributed by atoms with Crippen molar-refractivity contribution in [2.75, 3.05) is 7.05 Å². The van der Waals surface area contributed by atoms with Crippen molar-refractivity contribution in [3.8, 4) is 16.9 Å². The summed E-state index contributed by atoms with van der Waals surface area (Å²) in [5.41, 5.74) is 0.697. The number of aromatic carboxylic acids is 1. The van der Waals surface area contributed by atoms with E-state index in [0.29, 0.717) is 24.9 Å². The molecule has 1 N–H and O–H groups in total. The number of rotatable bonds is 5. The molecule has 0 saturated heterocycles. The molecule has 166 valence electrons. The van der Waals surface area contributed by atoms with Gasteiger partial charge in [-0.05, 0) is 48.7 Å². The van der Waals surface area contributed by atoms with E-state index >= 15 is 4.39 Å². The van der Waals surface area contributed by atoms with Crippen LogP contribution in [0.4, 0.5) is 13.2 Å². The van der Waals surface area contributed by atoms with E-state index in [1.54, 1.807) is 12.1 Å². The van der Waals surface area contributed by atoms with Gasteiger partial charge in [0, 0.05) is 25.3 Å². The highest BCUT2D eigenvalue weighted by atomic mass is 19.3. The molecule has 1 aromatic heterocycles. The van der Waals surface area contributed by atoms with E-state index in [1.165, 1.54) is 4.57 Å². The topological polar surface area (TPSA) is 71.8 Å². The van der Waals surface area contributed by atoms with Gasteiger partial charge in [0.2, 0.25) is 5.43 Å². The Morgan fingerprint density at radius 2 is 1.91 bits per heavy atom. The van der Waals surface area contributed by atoms with Crippen LogP contribution < -0.4 is 10.2 Å². The monoisotopic (exact) mass is 444 g/mol. The predicted molar refractivity (Wildman–Crippen MR) is 111 cm³/mol. The maximum atomic E-state index is 15.4. The molecular formula is C23H19F3N2O4. The van der Waals surface area contributed by atoms with Gasteiger partial charge in [0.05, 0.1) is 16.5 Å². The van der Waals surface area contributed by atoms with Crippen LogP contribution in [0.15, 0.2) is 35.3 Å². The average molecular weight is 444 g/mol. The molecule has 0 bridgehead atoms. The second-order valence-corrected chi connectivity index (χ2v) is 8.31. The van der Waals surface area contributed by atoms with Crippen molar-refractivity contribution in [3.05, 3.63) is 63.2 Å². The quantitative estimate of drug-likeness (QED) is 0.632. The summed E-state index contributed by atoms with van der Waals surface area (Å²) in [7, 11) is 1.94. The van der Waals surface area contributed by atoms with Crippen molar-refractivity contribution in [2.45, 2.75) is 38.6 Å². The number of pyridine rings is 1. The molecule has 1 fully saturated rings. The molecule has 2 aromatic carbocycles. The minimum absolute atomic E-state index is 0.0168. The number of hydrogen-bond acceptors (Lipinski definition) is 4. The maximum Gasteiger partial charge on any atom is 0.387 e. The number of fused-ring (bicyclic) bond motifs is 2. The molecule has 1 aliphatic heterocycles. The molecule has 2 heterocycles. The number of benzene rings is 2. The SMILES string of the molecule is CN1Cc2ccc(-c3c(F)cc4c(=O)c(C(=O)O)cn(C5CC5)c4c3OC(F)F)cc2C1. The smallest absolute Gasteiger partial charge is 0.387 e. The van der Waals surface area contributed by atoms with Crippen LogP contribution in [0.1, 0.15) is 40.4 Å². The number of carboxylic acids is 1. The molecule has 9 heteroatoms. The van der Waals surface area contributed by atoms with Crippen molar-refractivity contribution >= 4 is 16.9 Å². The Labute approximate surface area is 180 Å². The molecule has 32 heavy (non-hydrogen) atoms. The van der Waals surface area contributed by atoms with Crippen LogP contribution in [-0.4, -0.2) is 34.2 Å². The van der Waals surface area contributed by atoms with E-state index in [0.717, 1.165) is 29.9 Å². The minimum Gasteiger partial charge on any atom is -0.477 e. The number of nitrogens with zero attached hydrogens (tertiary/aromatic N) is 2. The molecule has 0 unspecified atom stereocenters. The van der Waals surface area contributed by atoms with Crippen molar-refractivity contribution < 1.29 is 27.8 Å². The number of carboxylic acid groups (broad SMARTS) is 1. The highest BCUT2D eigenvalue weighted by Crippen LogP contribution is 2.44. The minimum atomic E-state index is -3.26. The van der Waals surface area contributed by atoms with E-state index in [9.17, 15) is 23.5 Å². The first-order valence-corrected chi connectivity index (χ1v) is 10.1. The van der Waals surface area contributed by atoms with Gasteiger partial charge in [-0.15, -0.1) is 0 Å². The third kappa shape index (κ3) is 3.33. The van der Waals surface area contributed by atoms with Crippen molar-refractivity contribution in [2.24, 2.45) is 0 Å². The largest absolute Gasteiger partial charge is 0.477 e. The number of alkyl halides is 2. The van der Waals surface area contributed by atoms with Gasteiger partial charge in [0.25, 0.3) is 0 Å². The van der Waals surface area contributed by atoms with Crippen LogP contribution >= 0.6 is 0 Å². The molecule has 2 aliphatic rings. The van der Waals surface area contributed by atoms with E-state index < -0.39 is 35.1 Å². The van der Waals surface area contributed by atoms with Gasteiger partial charge in [-0.3, -0.25) is 9.69 Å². The third-order valence-corrected chi connectivity index (χ3v) is 5.98. The second kappa shape index (κ2) is 7.37. The average Bonchev–Trinajstić information content (AvgIpc) is 3.48. The van der Waals surface area contributed by atoms with Crippen LogP contribution in [0.25, 0.3) is 22.0 Å². The van der Waals surface area contributed by atoms with Crippen molar-refractivity contribution in [3.63, 3.8) is 0 Å². The fourth-order valence-electron chi connectivity index (χ4n) is 4.44. The molecular weight excluding hydrogens is 425 g/mol. The number of ether oxygens (including phenoxy) is 1. The zero-order chi connectivity index (χ0) is 22.7. The number of carbonyl (C=O) groups is 1. The van der Waals surface area contributed by atoms with Gasteiger partial charge >= 0.3 is 12.6 Å². The Hall–Kier alpha value is -3.33. The highest BCUT2D eigenvalue weighted by molar-refractivity contribution is 5.98. The number of halogens is 3. The summed E-state index contributed by atoms with van der Waals surface area (Å²) < 4.78 is 48.6. The number of aromatic nitrogens is 1. The van der Waals surface area contributed by atoms with Gasteiger partial charge in [-0.2, -0.15) is 8.78 Å². The van der Waals surface area contributed by atoms with Crippen LogP contribution in [0.3, 0.4) is 0 Å². The second-order valence-electron chi connectivity index (χ2n) is 8.31. The summed E-state index contributed by atoms with van der Waals surface area (Å²) >= 11 is 0. The van der Waals surface area contributed by atoms with Gasteiger partial charge in [-0.25, -0.2) is 9.18 Å². The van der Waals surface area contributed by atoms with Gasteiger partial charge in [-0.1, -0.05) is 12.1 Å². The molecule has 0 amide bonds. The van der Waals surface area contributed by atoms with Crippen molar-refractivity contribution in [1.82, 2.24) is 9.47 Å². The normalized spacial score (nSPS) is 16.0. The van der Waals surface area contributed by atoms with E-state index in [2.05, 4.69) is 4.90 Å². The fraction of sp³-hybridized carbons (Fsp3) is 0.304. The lowest BCUT2D eigenvalue weighted by atomic mass is 9.97. The first kappa shape index (κ1) is 20.6. The third-order valence-electron chi connectivity index (χ3n) is 5.98. The molecule has 1 aliphatic carbocycles. The molecule has 3 aromatic rings. The fourth-order valence-corrected chi connectivity index (χ4v) is 4.44. The Morgan fingerprint density at radius 1 is 1.19 bits per heavy atom. The van der Waals surface area contributed by atoms with Crippen LogP contribution in [0.2, 0.25) is 0 Å². The lowest BCUT2D eigenvalue weighted by Crippen LogP contribution is -2.20. The van der Waals surface area contributed by atoms with Crippen LogP contribution in [0, 0.1) is 5.82 Å². The molecule has 0 spiro atoms. The predicted octanol–water partition coefficient (Wildman–Crippen LogP) is 4.39. The molecule has 0 radical (unpaired) electrons. The molecule has 6 nitrogen and oxygen atoms in total. The molecule has 0 atom stereocenters. The summed E-state index contributed by atoms with van der Waals surface area (Å²) in [6.45, 7) is -1.89. The lowest BCUT2D eigenvalue weighted by molar-refractivity contribution is -0.0487. The number of hydrogen-bond donors (Lipinski definition) is 1. The first-order valence-electron chi connectivity index (χ1n) is 10.1. The zero-order valence-electron chi connectivity index (χ0n) is 17.1. The Kier molecular flexibility index (Phi) is 4.74. The Morgan fingerprint density at radius 3 is 2.56 bits per heavy atom. The summed E-state index contributed by atoms with van der Waals surface area (Å²) in [5.74, 6) is -2.85. The Bertz CT molecular complexity index is 1330. The summed E-state index contributed by atoms with van der Waals surface area (Å²) in [6.07, 6.45) is 2.51. The highest BCUT2D eigenvalue weighted by Gasteiger charge is 2.31. The van der Waals surface area contributed by atoms with Gasteiger partial charge in [0.1, 0.15) is 11.4 Å².